The molecule has 0 aliphatic rings. The lowest BCUT2D eigenvalue weighted by molar-refractivity contribution is -0.655. The molecule has 2 N–H and O–H groups in total. The average molecular weight is 305 g/mol. The van der Waals surface area contributed by atoms with Crippen molar-refractivity contribution in [1.29, 1.82) is 0 Å². The zero-order valence-electron chi connectivity index (χ0n) is 11.6. The lowest BCUT2D eigenvalue weighted by Crippen LogP contribution is -2.84. The zero-order valence-corrected chi connectivity index (χ0v) is 13.1. The largest absolute Gasteiger partial charge is 0.492 e. The Labute approximate surface area is 126 Å². The van der Waals surface area contributed by atoms with Crippen molar-refractivity contribution in [3.63, 3.8) is 0 Å². The van der Waals surface area contributed by atoms with Crippen LogP contribution in [0.5, 0.6) is 5.75 Å². The Balaban J connectivity index is 2.03. The molecule has 1 aromatic rings. The Morgan fingerprint density at radius 1 is 1.05 bits per heavy atom. The summed E-state index contributed by atoms with van der Waals surface area (Å²) in [7, 11) is 0. The Morgan fingerprint density at radius 3 is 2.63 bits per heavy atom. The van der Waals surface area contributed by atoms with Crippen LogP contribution in [0.3, 0.4) is 0 Å². The van der Waals surface area contributed by atoms with E-state index in [4.69, 9.17) is 27.9 Å². The molecule has 108 valence electrons. The van der Waals surface area contributed by atoms with E-state index in [1.165, 1.54) is 38.8 Å². The number of rotatable bonds is 10. The van der Waals surface area contributed by atoms with Crippen LogP contribution in [0, 0.1) is 0 Å². The summed E-state index contributed by atoms with van der Waals surface area (Å²) >= 11 is 12.0. The van der Waals surface area contributed by atoms with E-state index in [9.17, 15) is 0 Å². The van der Waals surface area contributed by atoms with E-state index in [0.717, 1.165) is 6.42 Å². The first-order chi connectivity index (χ1) is 9.25. The van der Waals surface area contributed by atoms with E-state index in [1.807, 2.05) is 12.1 Å². The van der Waals surface area contributed by atoms with E-state index >= 15 is 0 Å². The molecule has 0 atom stereocenters. The van der Waals surface area contributed by atoms with E-state index in [-0.39, 0.29) is 0 Å². The van der Waals surface area contributed by atoms with Crippen molar-refractivity contribution in [2.75, 3.05) is 19.7 Å². The molecule has 0 unspecified atom stereocenters. The number of benzene rings is 1. The van der Waals surface area contributed by atoms with Gasteiger partial charge in [0.05, 0.1) is 24.7 Å². The molecule has 0 bridgehead atoms. The fraction of sp³-hybridized carbons (Fsp3) is 0.600. The van der Waals surface area contributed by atoms with Gasteiger partial charge in [-0.25, -0.2) is 0 Å². The number of quaternary nitrogens is 1. The Kier molecular flexibility index (Phi) is 9.06. The van der Waals surface area contributed by atoms with E-state index < -0.39 is 0 Å². The second-order valence-electron chi connectivity index (χ2n) is 4.68. The Hall–Kier alpha value is -0.440. The van der Waals surface area contributed by atoms with Gasteiger partial charge in [-0.15, -0.1) is 0 Å². The average Bonchev–Trinajstić information content (AvgIpc) is 2.41. The highest BCUT2D eigenvalue weighted by atomic mass is 35.5. The molecule has 0 saturated carbocycles. The number of hydrogen-bond donors (Lipinski definition) is 1. The smallest absolute Gasteiger partial charge is 0.139 e. The summed E-state index contributed by atoms with van der Waals surface area (Å²) in [5.74, 6) is 0.684. The van der Waals surface area contributed by atoms with Gasteiger partial charge in [-0.1, -0.05) is 42.6 Å². The number of nitrogens with two attached hydrogens (primary N) is 1. The molecule has 0 heterocycles. The van der Waals surface area contributed by atoms with Crippen molar-refractivity contribution in [2.24, 2.45) is 0 Å². The summed E-state index contributed by atoms with van der Waals surface area (Å²) < 4.78 is 5.64. The minimum Gasteiger partial charge on any atom is -0.492 e. The lowest BCUT2D eigenvalue weighted by Gasteiger charge is -2.08. The van der Waals surface area contributed by atoms with Crippen LogP contribution >= 0.6 is 23.2 Å². The fourth-order valence-corrected chi connectivity index (χ4v) is 2.18. The maximum atomic E-state index is 6.04. The number of ether oxygens (including phenoxy) is 1. The maximum absolute atomic E-state index is 6.04. The van der Waals surface area contributed by atoms with Crippen molar-refractivity contribution in [3.05, 3.63) is 28.2 Å². The predicted octanol–water partition coefficient (Wildman–Crippen LogP) is 3.91. The molecule has 0 aromatic heterocycles. The molecule has 0 saturated heterocycles. The summed E-state index contributed by atoms with van der Waals surface area (Å²) in [5, 5.41) is 3.46. The molecule has 0 amide bonds. The van der Waals surface area contributed by atoms with Gasteiger partial charge in [0.1, 0.15) is 10.8 Å². The van der Waals surface area contributed by atoms with Crippen molar-refractivity contribution < 1.29 is 10.1 Å². The first-order valence-corrected chi connectivity index (χ1v) is 7.89. The molecular weight excluding hydrogens is 281 g/mol. The van der Waals surface area contributed by atoms with Crippen molar-refractivity contribution in [3.8, 4) is 5.75 Å². The molecule has 1 rings (SSSR count). The molecule has 2 nitrogen and oxygen atoms in total. The highest BCUT2D eigenvalue weighted by Gasteiger charge is 2.04. The van der Waals surface area contributed by atoms with E-state index in [2.05, 4.69) is 12.2 Å². The third kappa shape index (κ3) is 7.05. The minimum absolute atomic E-state index is 0.511. The quantitative estimate of drug-likeness (QED) is 0.652. The van der Waals surface area contributed by atoms with Crippen LogP contribution in [-0.2, 0) is 0 Å². The van der Waals surface area contributed by atoms with Crippen LogP contribution in [0.2, 0.25) is 10.0 Å². The first-order valence-electron chi connectivity index (χ1n) is 7.14. The Bertz CT molecular complexity index is 358. The summed E-state index contributed by atoms with van der Waals surface area (Å²) in [6.07, 6.45) is 6.10. The van der Waals surface area contributed by atoms with E-state index in [1.54, 1.807) is 6.07 Å². The van der Waals surface area contributed by atoms with Gasteiger partial charge in [0.25, 0.3) is 0 Å². The van der Waals surface area contributed by atoms with Gasteiger partial charge in [-0.2, -0.15) is 0 Å². The molecule has 0 aliphatic heterocycles. The van der Waals surface area contributed by atoms with Gasteiger partial charge in [-0.05, 0) is 37.8 Å². The lowest BCUT2D eigenvalue weighted by atomic mass is 10.2. The molecule has 1 aromatic carbocycles. The third-order valence-electron chi connectivity index (χ3n) is 2.99. The molecule has 0 fully saturated rings. The third-order valence-corrected chi connectivity index (χ3v) is 3.79. The van der Waals surface area contributed by atoms with Crippen molar-refractivity contribution in [1.82, 2.24) is 0 Å². The van der Waals surface area contributed by atoms with Crippen LogP contribution in [0.15, 0.2) is 18.2 Å². The summed E-state index contributed by atoms with van der Waals surface area (Å²) in [6.45, 7) is 5.41. The molecule has 4 heteroatoms. The van der Waals surface area contributed by atoms with Gasteiger partial charge >= 0.3 is 0 Å². The SMILES string of the molecule is CCCC[NH2+]CCCCCOc1cccc(Cl)c1Cl. The molecule has 19 heavy (non-hydrogen) atoms. The van der Waals surface area contributed by atoms with Gasteiger partial charge in [0.2, 0.25) is 0 Å². The molecule has 0 radical (unpaired) electrons. The second-order valence-corrected chi connectivity index (χ2v) is 5.47. The first kappa shape index (κ1) is 16.6. The highest BCUT2D eigenvalue weighted by Crippen LogP contribution is 2.31. The van der Waals surface area contributed by atoms with Crippen LogP contribution in [0.25, 0.3) is 0 Å². The normalized spacial score (nSPS) is 10.7. The summed E-state index contributed by atoms with van der Waals surface area (Å²) in [4.78, 5) is 0. The molecule has 0 aliphatic carbocycles. The highest BCUT2D eigenvalue weighted by molar-refractivity contribution is 6.42. The molecule has 0 spiro atoms. The van der Waals surface area contributed by atoms with Crippen molar-refractivity contribution >= 4 is 23.2 Å². The second kappa shape index (κ2) is 10.4. The van der Waals surface area contributed by atoms with E-state index in [0.29, 0.717) is 22.4 Å². The topological polar surface area (TPSA) is 25.8 Å². The maximum Gasteiger partial charge on any atom is 0.139 e. The van der Waals surface area contributed by atoms with Crippen LogP contribution in [-0.4, -0.2) is 19.7 Å². The molecular formula is C15H24Cl2NO+. The fourth-order valence-electron chi connectivity index (χ4n) is 1.84. The zero-order chi connectivity index (χ0) is 13.9. The van der Waals surface area contributed by atoms with Crippen LogP contribution < -0.4 is 10.1 Å². The standard InChI is InChI=1S/C15H23Cl2NO/c1-2-3-10-18-11-5-4-6-12-19-14-9-7-8-13(16)15(14)17/h7-9,18H,2-6,10-12H2,1H3/p+1. The number of unbranched alkanes of at least 4 members (excludes halogenated alkanes) is 3. The van der Waals surface area contributed by atoms with Gasteiger partial charge in [0, 0.05) is 0 Å². The van der Waals surface area contributed by atoms with Gasteiger partial charge < -0.3 is 10.1 Å². The number of halogens is 2. The predicted molar refractivity (Wildman–Crippen MR) is 82.4 cm³/mol. The summed E-state index contributed by atoms with van der Waals surface area (Å²) in [6, 6.07) is 5.47. The summed E-state index contributed by atoms with van der Waals surface area (Å²) in [5.41, 5.74) is 0. The monoisotopic (exact) mass is 304 g/mol. The Morgan fingerprint density at radius 2 is 1.84 bits per heavy atom. The van der Waals surface area contributed by atoms with Gasteiger partial charge in [-0.3, -0.25) is 0 Å². The van der Waals surface area contributed by atoms with Crippen molar-refractivity contribution in [2.45, 2.75) is 39.0 Å². The number of hydrogen-bond acceptors (Lipinski definition) is 1. The van der Waals surface area contributed by atoms with Gasteiger partial charge in [0.15, 0.2) is 0 Å². The van der Waals surface area contributed by atoms with Crippen LogP contribution in [0.4, 0.5) is 0 Å². The minimum atomic E-state index is 0.511. The van der Waals surface area contributed by atoms with Crippen LogP contribution in [0.1, 0.15) is 39.0 Å².